The van der Waals surface area contributed by atoms with Crippen LogP contribution in [0.25, 0.3) is 6.08 Å². The molecule has 1 amide bonds. The summed E-state index contributed by atoms with van der Waals surface area (Å²) in [6.45, 7) is -0.525. The number of carbonyl (C=O) groups excluding carboxylic acids is 2. The third kappa shape index (κ3) is 5.10. The van der Waals surface area contributed by atoms with E-state index < -0.39 is 29.3 Å². The van der Waals surface area contributed by atoms with Gasteiger partial charge in [-0.05, 0) is 35.9 Å². The standard InChI is InChI=1S/C20H14N2O8S2/c1-29-15-8-11(9-16-18(25)21(10-17(23)24)20(31)32-16)2-7-14(15)30-19(26)12-3-5-13(6-4-12)22(27)28/h2-9H,10H2,1H3,(H,23,24). The van der Waals surface area contributed by atoms with E-state index in [2.05, 4.69) is 0 Å². The number of carboxylic acids is 1. The summed E-state index contributed by atoms with van der Waals surface area (Å²) >= 11 is 6.04. The first-order valence-electron chi connectivity index (χ1n) is 8.81. The summed E-state index contributed by atoms with van der Waals surface area (Å²) in [5.74, 6) is -2.12. The Kier molecular flexibility index (Phi) is 6.85. The number of methoxy groups -OCH3 is 1. The second-order valence-corrected chi connectivity index (χ2v) is 7.94. The number of hydrogen-bond donors (Lipinski definition) is 1. The van der Waals surface area contributed by atoms with Gasteiger partial charge < -0.3 is 14.6 Å². The van der Waals surface area contributed by atoms with Crippen LogP contribution in [0, 0.1) is 10.1 Å². The summed E-state index contributed by atoms with van der Waals surface area (Å²) in [5.41, 5.74) is 0.494. The van der Waals surface area contributed by atoms with Crippen molar-refractivity contribution in [3.63, 3.8) is 0 Å². The van der Waals surface area contributed by atoms with Gasteiger partial charge in [0.2, 0.25) is 0 Å². The van der Waals surface area contributed by atoms with Crippen molar-refractivity contribution in [3.05, 3.63) is 68.6 Å². The summed E-state index contributed by atoms with van der Waals surface area (Å²) in [6.07, 6.45) is 1.52. The quantitative estimate of drug-likeness (QED) is 0.159. The average Bonchev–Trinajstić information content (AvgIpc) is 3.01. The summed E-state index contributed by atoms with van der Waals surface area (Å²) in [6, 6.07) is 9.51. The highest BCUT2D eigenvalue weighted by molar-refractivity contribution is 8.26. The summed E-state index contributed by atoms with van der Waals surface area (Å²) in [4.78, 5) is 47.0. The van der Waals surface area contributed by atoms with Crippen LogP contribution >= 0.6 is 24.0 Å². The molecule has 0 bridgehead atoms. The van der Waals surface area contributed by atoms with Crippen molar-refractivity contribution in [2.75, 3.05) is 13.7 Å². The van der Waals surface area contributed by atoms with Gasteiger partial charge in [-0.25, -0.2) is 4.79 Å². The zero-order valence-corrected chi connectivity index (χ0v) is 18.0. The molecule has 0 unspecified atom stereocenters. The Morgan fingerprint density at radius 1 is 1.22 bits per heavy atom. The van der Waals surface area contributed by atoms with Crippen molar-refractivity contribution in [2.24, 2.45) is 0 Å². The third-order valence-corrected chi connectivity index (χ3v) is 5.55. The molecule has 10 nitrogen and oxygen atoms in total. The van der Waals surface area contributed by atoms with Gasteiger partial charge in [0.1, 0.15) is 10.9 Å². The van der Waals surface area contributed by atoms with Gasteiger partial charge in [0.05, 0.1) is 22.5 Å². The molecule has 1 aliphatic rings. The largest absolute Gasteiger partial charge is 0.493 e. The number of nitrogens with zero attached hydrogens (tertiary/aromatic N) is 2. The minimum absolute atomic E-state index is 0.103. The van der Waals surface area contributed by atoms with Gasteiger partial charge >= 0.3 is 11.9 Å². The van der Waals surface area contributed by atoms with Crippen molar-refractivity contribution in [3.8, 4) is 11.5 Å². The van der Waals surface area contributed by atoms with E-state index in [-0.39, 0.29) is 32.0 Å². The number of nitro benzene ring substituents is 1. The Balaban J connectivity index is 1.79. The number of non-ortho nitro benzene ring substituents is 1. The molecule has 1 heterocycles. The fourth-order valence-electron chi connectivity index (χ4n) is 2.66. The van der Waals surface area contributed by atoms with Crippen LogP contribution in [0.3, 0.4) is 0 Å². The average molecular weight is 474 g/mol. The number of aliphatic carboxylic acids is 1. The van der Waals surface area contributed by atoms with Crippen molar-refractivity contribution in [1.82, 2.24) is 4.90 Å². The SMILES string of the molecule is COc1cc(C=C2SC(=S)N(CC(=O)O)C2=O)ccc1OC(=O)c1ccc([N+](=O)[O-])cc1. The van der Waals surface area contributed by atoms with Crippen LogP contribution in [0.15, 0.2) is 47.4 Å². The van der Waals surface area contributed by atoms with E-state index in [4.69, 9.17) is 26.8 Å². The lowest BCUT2D eigenvalue weighted by Gasteiger charge is -2.11. The van der Waals surface area contributed by atoms with Crippen LogP contribution in [-0.2, 0) is 9.59 Å². The van der Waals surface area contributed by atoms with E-state index in [0.717, 1.165) is 16.7 Å². The molecule has 1 aliphatic heterocycles. The second kappa shape index (κ2) is 9.58. The third-order valence-electron chi connectivity index (χ3n) is 4.17. The zero-order valence-electron chi connectivity index (χ0n) is 16.3. The molecule has 0 atom stereocenters. The van der Waals surface area contributed by atoms with E-state index in [1.165, 1.54) is 49.6 Å². The first-order chi connectivity index (χ1) is 15.2. The highest BCUT2D eigenvalue weighted by Crippen LogP contribution is 2.35. The first kappa shape index (κ1) is 22.9. The first-order valence-corrected chi connectivity index (χ1v) is 10.0. The molecule has 164 valence electrons. The number of rotatable bonds is 7. The van der Waals surface area contributed by atoms with Crippen LogP contribution in [0.2, 0.25) is 0 Å². The maximum Gasteiger partial charge on any atom is 0.343 e. The van der Waals surface area contributed by atoms with E-state index >= 15 is 0 Å². The Morgan fingerprint density at radius 3 is 2.50 bits per heavy atom. The van der Waals surface area contributed by atoms with Crippen LogP contribution in [-0.4, -0.2) is 50.8 Å². The van der Waals surface area contributed by atoms with Gasteiger partial charge in [0.15, 0.2) is 11.5 Å². The zero-order chi connectivity index (χ0) is 23.4. The molecule has 1 N–H and O–H groups in total. The maximum atomic E-state index is 12.4. The van der Waals surface area contributed by atoms with Gasteiger partial charge in [0, 0.05) is 12.1 Å². The van der Waals surface area contributed by atoms with Crippen LogP contribution in [0.4, 0.5) is 5.69 Å². The Bertz CT molecular complexity index is 1160. The number of thioether (sulfide) groups is 1. The fourth-order valence-corrected chi connectivity index (χ4v) is 3.91. The predicted octanol–water partition coefficient (Wildman–Crippen LogP) is 3.11. The molecule has 32 heavy (non-hydrogen) atoms. The number of thiocarbonyl (C=S) groups is 1. The molecule has 0 saturated carbocycles. The highest BCUT2D eigenvalue weighted by Gasteiger charge is 2.33. The minimum atomic E-state index is -1.18. The van der Waals surface area contributed by atoms with Gasteiger partial charge in [-0.15, -0.1) is 0 Å². The van der Waals surface area contributed by atoms with Crippen LogP contribution in [0.1, 0.15) is 15.9 Å². The smallest absolute Gasteiger partial charge is 0.343 e. The number of hydrogen-bond acceptors (Lipinski definition) is 9. The van der Waals surface area contributed by atoms with Crippen LogP contribution < -0.4 is 9.47 Å². The van der Waals surface area contributed by atoms with Gasteiger partial charge in [-0.2, -0.15) is 0 Å². The maximum absolute atomic E-state index is 12.4. The van der Waals surface area contributed by atoms with E-state index in [9.17, 15) is 24.5 Å². The lowest BCUT2D eigenvalue weighted by molar-refractivity contribution is -0.384. The molecule has 1 fully saturated rings. The molecule has 3 rings (SSSR count). The Labute approximate surface area is 190 Å². The highest BCUT2D eigenvalue weighted by atomic mass is 32.2. The Hall–Kier alpha value is -3.77. The number of carboxylic acid groups (broad SMARTS) is 1. The fraction of sp³-hybridized carbons (Fsp3) is 0.100. The van der Waals surface area contributed by atoms with Crippen molar-refractivity contribution < 1.29 is 33.9 Å². The topological polar surface area (TPSA) is 136 Å². The summed E-state index contributed by atoms with van der Waals surface area (Å²) in [7, 11) is 1.37. The molecule has 1 saturated heterocycles. The molecule has 2 aromatic rings. The molecule has 0 aromatic heterocycles. The lowest BCUT2D eigenvalue weighted by Crippen LogP contribution is -2.33. The lowest BCUT2D eigenvalue weighted by atomic mass is 10.1. The monoisotopic (exact) mass is 474 g/mol. The van der Waals surface area contributed by atoms with Crippen molar-refractivity contribution in [2.45, 2.75) is 0 Å². The molecule has 0 radical (unpaired) electrons. The summed E-state index contributed by atoms with van der Waals surface area (Å²) in [5, 5.41) is 19.6. The minimum Gasteiger partial charge on any atom is -0.493 e. The molecular weight excluding hydrogens is 460 g/mol. The van der Waals surface area contributed by atoms with Gasteiger partial charge in [-0.3, -0.25) is 24.6 Å². The number of carbonyl (C=O) groups is 3. The molecule has 0 aliphatic carbocycles. The van der Waals surface area contributed by atoms with Gasteiger partial charge in [0.25, 0.3) is 11.6 Å². The van der Waals surface area contributed by atoms with Crippen molar-refractivity contribution >= 4 is 57.9 Å². The number of benzene rings is 2. The number of nitro groups is 1. The molecule has 12 heteroatoms. The molecule has 2 aromatic carbocycles. The normalized spacial score (nSPS) is 14.5. The van der Waals surface area contributed by atoms with E-state index in [0.29, 0.717) is 5.56 Å². The van der Waals surface area contributed by atoms with Crippen molar-refractivity contribution in [1.29, 1.82) is 0 Å². The number of amides is 1. The summed E-state index contributed by atoms with van der Waals surface area (Å²) < 4.78 is 10.7. The number of ether oxygens (including phenoxy) is 2. The Morgan fingerprint density at radius 2 is 1.91 bits per heavy atom. The van der Waals surface area contributed by atoms with E-state index in [1.54, 1.807) is 6.07 Å². The molecular formula is C20H14N2O8S2. The van der Waals surface area contributed by atoms with E-state index in [1.807, 2.05) is 0 Å². The van der Waals surface area contributed by atoms with Crippen LogP contribution in [0.5, 0.6) is 11.5 Å². The number of esters is 1. The van der Waals surface area contributed by atoms with Gasteiger partial charge in [-0.1, -0.05) is 30.0 Å². The predicted molar refractivity (Wildman–Crippen MR) is 119 cm³/mol. The molecule has 0 spiro atoms. The second-order valence-electron chi connectivity index (χ2n) is 6.27.